The van der Waals surface area contributed by atoms with E-state index >= 15 is 0 Å². The van der Waals surface area contributed by atoms with Crippen LogP contribution in [0.15, 0.2) is 0 Å². The Bertz CT molecular complexity index is 166. The fourth-order valence-electron chi connectivity index (χ4n) is 3.22. The van der Waals surface area contributed by atoms with Crippen LogP contribution in [0.1, 0.15) is 51.9 Å². The fourth-order valence-corrected chi connectivity index (χ4v) is 3.70. The molecule has 2 aliphatic rings. The lowest BCUT2D eigenvalue weighted by atomic mass is 9.60. The number of alkyl halides is 1. The van der Waals surface area contributed by atoms with Gasteiger partial charge in [0.1, 0.15) is 0 Å². The van der Waals surface area contributed by atoms with Gasteiger partial charge in [0.2, 0.25) is 0 Å². The van der Waals surface area contributed by atoms with Crippen molar-refractivity contribution in [1.82, 2.24) is 0 Å². The van der Waals surface area contributed by atoms with Crippen LogP contribution in [0.25, 0.3) is 0 Å². The summed E-state index contributed by atoms with van der Waals surface area (Å²) in [6.07, 6.45) is 9.75. The smallest absolute Gasteiger partial charge is 0.0341 e. The average Bonchev–Trinajstić information content (AvgIpc) is 2.02. The van der Waals surface area contributed by atoms with Gasteiger partial charge >= 0.3 is 0 Å². The molecule has 0 heterocycles. The first-order valence-corrected chi connectivity index (χ1v) is 5.78. The molecule has 2 rings (SSSR count). The molecule has 0 N–H and O–H groups in total. The van der Waals surface area contributed by atoms with Crippen LogP contribution < -0.4 is 0 Å². The molecule has 0 spiro atoms. The highest BCUT2D eigenvalue weighted by atomic mass is 35.5. The summed E-state index contributed by atoms with van der Waals surface area (Å²) in [5, 5.41) is 0.476. The number of fused-ring (bicyclic) bond motifs is 1. The van der Waals surface area contributed by atoms with E-state index in [4.69, 9.17) is 11.6 Å². The summed E-state index contributed by atoms with van der Waals surface area (Å²) in [5.74, 6) is 1.00. The molecule has 70 valence electrons. The number of hydrogen-bond acceptors (Lipinski definition) is 0. The Hall–Kier alpha value is 0.290. The zero-order chi connectivity index (χ0) is 8.60. The molecule has 0 aliphatic heterocycles. The van der Waals surface area contributed by atoms with E-state index in [2.05, 4.69) is 6.92 Å². The Morgan fingerprint density at radius 3 is 2.83 bits per heavy atom. The Morgan fingerprint density at radius 1 is 1.17 bits per heavy atom. The van der Waals surface area contributed by atoms with Crippen molar-refractivity contribution in [1.29, 1.82) is 0 Å². The highest BCUT2D eigenvalue weighted by Gasteiger charge is 2.40. The summed E-state index contributed by atoms with van der Waals surface area (Å²) >= 11 is 6.23. The maximum Gasteiger partial charge on any atom is 0.0341 e. The lowest BCUT2D eigenvalue weighted by Crippen LogP contribution is -2.37. The third kappa shape index (κ3) is 1.51. The summed E-state index contributed by atoms with van der Waals surface area (Å²) in [4.78, 5) is 0. The van der Waals surface area contributed by atoms with Gasteiger partial charge in [-0.15, -0.1) is 11.6 Å². The lowest BCUT2D eigenvalue weighted by molar-refractivity contribution is 0.0669. The van der Waals surface area contributed by atoms with Crippen LogP contribution in [-0.4, -0.2) is 5.38 Å². The normalized spacial score (nSPS) is 48.5. The van der Waals surface area contributed by atoms with E-state index < -0.39 is 0 Å². The van der Waals surface area contributed by atoms with E-state index in [1.807, 2.05) is 0 Å². The second-order valence-electron chi connectivity index (χ2n) is 4.98. The Morgan fingerprint density at radius 2 is 2.00 bits per heavy atom. The van der Waals surface area contributed by atoms with Gasteiger partial charge in [0, 0.05) is 5.38 Å². The molecule has 0 saturated heterocycles. The van der Waals surface area contributed by atoms with Gasteiger partial charge in [0.25, 0.3) is 0 Å². The van der Waals surface area contributed by atoms with Gasteiger partial charge in [0.15, 0.2) is 0 Å². The number of halogens is 1. The molecule has 0 unspecified atom stereocenters. The van der Waals surface area contributed by atoms with E-state index in [1.54, 1.807) is 0 Å². The van der Waals surface area contributed by atoms with Crippen LogP contribution >= 0.6 is 11.6 Å². The van der Waals surface area contributed by atoms with E-state index in [9.17, 15) is 0 Å². The standard InChI is InChI=1S/C11H19Cl/c1-11-7-3-2-4-9(11)5-6-10(12)8-11/h9-10H,2-8H2,1H3/t9-,10-,11-/m1/s1. The second kappa shape index (κ2) is 3.21. The van der Waals surface area contributed by atoms with Gasteiger partial charge in [-0.05, 0) is 43.4 Å². The SMILES string of the molecule is C[C@]12CCCC[C@@H]1CC[C@@H](Cl)C2. The first-order valence-electron chi connectivity index (χ1n) is 5.35. The zero-order valence-corrected chi connectivity index (χ0v) is 8.74. The highest BCUT2D eigenvalue weighted by Crippen LogP contribution is 2.50. The summed E-state index contributed by atoms with van der Waals surface area (Å²) in [6.45, 7) is 2.46. The van der Waals surface area contributed by atoms with Gasteiger partial charge in [-0.1, -0.05) is 19.8 Å². The number of rotatable bonds is 0. The Kier molecular flexibility index (Phi) is 2.37. The van der Waals surface area contributed by atoms with Crippen LogP contribution in [0.3, 0.4) is 0 Å². The molecule has 0 amide bonds. The zero-order valence-electron chi connectivity index (χ0n) is 7.98. The monoisotopic (exact) mass is 186 g/mol. The predicted molar refractivity (Wildman–Crippen MR) is 53.6 cm³/mol. The van der Waals surface area contributed by atoms with Crippen LogP contribution in [-0.2, 0) is 0 Å². The molecule has 1 heteroatoms. The van der Waals surface area contributed by atoms with Gasteiger partial charge < -0.3 is 0 Å². The summed E-state index contributed by atoms with van der Waals surface area (Å²) in [7, 11) is 0. The van der Waals surface area contributed by atoms with Crippen LogP contribution in [0.2, 0.25) is 0 Å². The van der Waals surface area contributed by atoms with Crippen molar-refractivity contribution in [3.63, 3.8) is 0 Å². The van der Waals surface area contributed by atoms with Crippen LogP contribution in [0, 0.1) is 11.3 Å². The summed E-state index contributed by atoms with van der Waals surface area (Å²) < 4.78 is 0. The van der Waals surface area contributed by atoms with E-state index in [0.717, 1.165) is 5.92 Å². The minimum atomic E-state index is 0.476. The van der Waals surface area contributed by atoms with E-state index in [0.29, 0.717) is 10.8 Å². The molecule has 2 aliphatic carbocycles. The molecule has 2 saturated carbocycles. The first-order chi connectivity index (χ1) is 5.71. The molecule has 0 aromatic rings. The van der Waals surface area contributed by atoms with Gasteiger partial charge in [-0.2, -0.15) is 0 Å². The molecule has 0 radical (unpaired) electrons. The maximum absolute atomic E-state index is 6.23. The van der Waals surface area contributed by atoms with Crippen molar-refractivity contribution in [2.75, 3.05) is 0 Å². The van der Waals surface area contributed by atoms with Gasteiger partial charge in [-0.3, -0.25) is 0 Å². The van der Waals surface area contributed by atoms with Crippen molar-refractivity contribution in [3.8, 4) is 0 Å². The largest absolute Gasteiger partial charge is 0.123 e. The Labute approximate surface area is 80.7 Å². The molecular formula is C11H19Cl. The van der Waals surface area contributed by atoms with Gasteiger partial charge in [-0.25, -0.2) is 0 Å². The van der Waals surface area contributed by atoms with Crippen molar-refractivity contribution < 1.29 is 0 Å². The molecule has 12 heavy (non-hydrogen) atoms. The summed E-state index contributed by atoms with van der Waals surface area (Å²) in [6, 6.07) is 0. The molecule has 0 aromatic carbocycles. The Balaban J connectivity index is 2.07. The molecule has 2 fully saturated rings. The molecule has 0 nitrogen and oxygen atoms in total. The maximum atomic E-state index is 6.23. The quantitative estimate of drug-likeness (QED) is 0.503. The third-order valence-corrected chi connectivity index (χ3v) is 4.42. The summed E-state index contributed by atoms with van der Waals surface area (Å²) in [5.41, 5.74) is 0.614. The number of hydrogen-bond donors (Lipinski definition) is 0. The molecule has 0 bridgehead atoms. The minimum absolute atomic E-state index is 0.476. The van der Waals surface area contributed by atoms with E-state index in [-0.39, 0.29) is 0 Å². The third-order valence-electron chi connectivity index (χ3n) is 4.05. The molecular weight excluding hydrogens is 168 g/mol. The fraction of sp³-hybridized carbons (Fsp3) is 1.00. The predicted octanol–water partition coefficient (Wildman–Crippen LogP) is 3.97. The van der Waals surface area contributed by atoms with E-state index in [1.165, 1.54) is 44.9 Å². The topological polar surface area (TPSA) is 0 Å². The first kappa shape index (κ1) is 8.87. The van der Waals surface area contributed by atoms with Crippen molar-refractivity contribution >= 4 is 11.6 Å². The van der Waals surface area contributed by atoms with Crippen LogP contribution in [0.5, 0.6) is 0 Å². The second-order valence-corrected chi connectivity index (χ2v) is 5.59. The average molecular weight is 187 g/mol. The van der Waals surface area contributed by atoms with Gasteiger partial charge in [0.05, 0.1) is 0 Å². The van der Waals surface area contributed by atoms with Crippen molar-refractivity contribution in [2.24, 2.45) is 11.3 Å². The molecule has 3 atom stereocenters. The van der Waals surface area contributed by atoms with Crippen molar-refractivity contribution in [2.45, 2.75) is 57.2 Å². The highest BCUT2D eigenvalue weighted by molar-refractivity contribution is 6.20. The lowest BCUT2D eigenvalue weighted by Gasteiger charge is -2.46. The van der Waals surface area contributed by atoms with Crippen LogP contribution in [0.4, 0.5) is 0 Å². The minimum Gasteiger partial charge on any atom is -0.123 e. The van der Waals surface area contributed by atoms with Crippen molar-refractivity contribution in [3.05, 3.63) is 0 Å². The molecule has 0 aromatic heterocycles.